The Bertz CT molecular complexity index is 410. The van der Waals surface area contributed by atoms with E-state index < -0.39 is 11.6 Å². The molecule has 0 radical (unpaired) electrons. The molecule has 0 aromatic heterocycles. The first-order valence-electron chi connectivity index (χ1n) is 6.29. The molecule has 1 aromatic rings. The Morgan fingerprint density at radius 1 is 1.28 bits per heavy atom. The summed E-state index contributed by atoms with van der Waals surface area (Å²) >= 11 is 0. The summed E-state index contributed by atoms with van der Waals surface area (Å²) in [4.78, 5) is 13.0. The number of benzene rings is 1. The quantitative estimate of drug-likeness (QED) is 0.897. The fourth-order valence-electron chi connectivity index (χ4n) is 2.37. The van der Waals surface area contributed by atoms with Crippen molar-refractivity contribution in [2.24, 2.45) is 0 Å². The summed E-state index contributed by atoms with van der Waals surface area (Å²) in [6, 6.07) is 9.98. The molecule has 1 fully saturated rings. The van der Waals surface area contributed by atoms with Gasteiger partial charge in [-0.15, -0.1) is 0 Å². The van der Waals surface area contributed by atoms with Crippen LogP contribution < -0.4 is 0 Å². The zero-order valence-corrected chi connectivity index (χ0v) is 10.3. The molecule has 1 unspecified atom stereocenters. The zero-order chi connectivity index (χ0) is 13.0. The largest absolute Gasteiger partial charge is 0.479 e. The molecule has 1 heterocycles. The summed E-state index contributed by atoms with van der Waals surface area (Å²) in [5.74, 6) is -1.32. The molecule has 1 aromatic carbocycles. The van der Waals surface area contributed by atoms with Crippen LogP contribution in [0.5, 0.6) is 0 Å². The monoisotopic (exact) mass is 251 g/mol. The molecule has 18 heavy (non-hydrogen) atoms. The highest BCUT2D eigenvalue weighted by molar-refractivity contribution is 5.77. The van der Waals surface area contributed by atoms with Gasteiger partial charge in [0.15, 0.2) is 0 Å². The molecule has 1 atom stereocenters. The van der Waals surface area contributed by atoms with Gasteiger partial charge in [0.25, 0.3) is 0 Å². The number of halogens is 1. The maximum Gasteiger partial charge on any atom is 0.341 e. The van der Waals surface area contributed by atoms with E-state index in [0.29, 0.717) is 13.0 Å². The summed E-state index contributed by atoms with van der Waals surface area (Å²) in [6.45, 7) is 2.02. The number of alkyl halides is 1. The SMILES string of the molecule is O=C(O)C1(F)CCCN(Cc2ccccc2)CC1. The summed E-state index contributed by atoms with van der Waals surface area (Å²) in [5, 5.41) is 8.90. The number of likely N-dealkylation sites (tertiary alicyclic amines) is 1. The second kappa shape index (κ2) is 5.48. The highest BCUT2D eigenvalue weighted by Gasteiger charge is 2.39. The van der Waals surface area contributed by atoms with Crippen LogP contribution >= 0.6 is 0 Å². The van der Waals surface area contributed by atoms with Crippen molar-refractivity contribution in [2.45, 2.75) is 31.5 Å². The molecule has 0 amide bonds. The third-order valence-electron chi connectivity index (χ3n) is 3.50. The number of carboxylic acid groups (broad SMARTS) is 1. The van der Waals surface area contributed by atoms with Crippen molar-refractivity contribution in [3.8, 4) is 0 Å². The number of aliphatic carboxylic acids is 1. The van der Waals surface area contributed by atoms with Gasteiger partial charge in [-0.2, -0.15) is 0 Å². The van der Waals surface area contributed by atoms with Crippen LogP contribution in [0.4, 0.5) is 4.39 Å². The average molecular weight is 251 g/mol. The van der Waals surface area contributed by atoms with Crippen LogP contribution in [0.2, 0.25) is 0 Å². The van der Waals surface area contributed by atoms with E-state index in [1.807, 2.05) is 30.3 Å². The van der Waals surface area contributed by atoms with Gasteiger partial charge in [0, 0.05) is 19.5 Å². The summed E-state index contributed by atoms with van der Waals surface area (Å²) in [6.07, 6.45) is 0.790. The molecule has 0 aliphatic carbocycles. The molecule has 4 heteroatoms. The highest BCUT2D eigenvalue weighted by Crippen LogP contribution is 2.27. The molecule has 98 valence electrons. The second-order valence-electron chi connectivity index (χ2n) is 4.89. The molecule has 1 N–H and O–H groups in total. The van der Waals surface area contributed by atoms with Gasteiger partial charge in [0.05, 0.1) is 0 Å². The molecule has 0 bridgehead atoms. The Labute approximate surface area is 106 Å². The molecular formula is C14H18FNO2. The van der Waals surface area contributed by atoms with Crippen molar-refractivity contribution in [3.63, 3.8) is 0 Å². The van der Waals surface area contributed by atoms with Gasteiger partial charge < -0.3 is 5.11 Å². The number of carboxylic acids is 1. The van der Waals surface area contributed by atoms with Crippen LogP contribution in [0.15, 0.2) is 30.3 Å². The topological polar surface area (TPSA) is 40.5 Å². The van der Waals surface area contributed by atoms with E-state index in [2.05, 4.69) is 4.90 Å². The van der Waals surface area contributed by atoms with Crippen molar-refractivity contribution >= 4 is 5.97 Å². The minimum Gasteiger partial charge on any atom is -0.479 e. The number of carbonyl (C=O) groups is 1. The predicted octanol–water partition coefficient (Wildman–Crippen LogP) is 2.47. The molecule has 1 saturated heterocycles. The second-order valence-corrected chi connectivity index (χ2v) is 4.89. The highest BCUT2D eigenvalue weighted by atomic mass is 19.1. The van der Waals surface area contributed by atoms with Crippen LogP contribution in [-0.4, -0.2) is 34.7 Å². The first-order chi connectivity index (χ1) is 8.60. The Kier molecular flexibility index (Phi) is 3.97. The maximum atomic E-state index is 14.0. The van der Waals surface area contributed by atoms with Gasteiger partial charge in [-0.3, -0.25) is 4.90 Å². The van der Waals surface area contributed by atoms with E-state index in [1.165, 1.54) is 5.56 Å². The van der Waals surface area contributed by atoms with E-state index in [4.69, 9.17) is 5.11 Å². The lowest BCUT2D eigenvalue weighted by Crippen LogP contribution is -2.35. The third kappa shape index (κ3) is 3.07. The van der Waals surface area contributed by atoms with E-state index in [9.17, 15) is 9.18 Å². The molecule has 1 aliphatic heterocycles. The summed E-state index contributed by atoms with van der Waals surface area (Å²) in [5.41, 5.74) is -0.856. The van der Waals surface area contributed by atoms with Gasteiger partial charge in [0.2, 0.25) is 5.67 Å². The van der Waals surface area contributed by atoms with E-state index in [-0.39, 0.29) is 12.8 Å². The van der Waals surface area contributed by atoms with Crippen molar-refractivity contribution in [2.75, 3.05) is 13.1 Å². The van der Waals surface area contributed by atoms with Gasteiger partial charge in [-0.1, -0.05) is 30.3 Å². The number of hydrogen-bond donors (Lipinski definition) is 1. The van der Waals surface area contributed by atoms with Crippen LogP contribution in [0.25, 0.3) is 0 Å². The Balaban J connectivity index is 1.96. The predicted molar refractivity (Wildman–Crippen MR) is 67.0 cm³/mol. The fourth-order valence-corrected chi connectivity index (χ4v) is 2.37. The van der Waals surface area contributed by atoms with Crippen LogP contribution in [-0.2, 0) is 11.3 Å². The fraction of sp³-hybridized carbons (Fsp3) is 0.500. The summed E-state index contributed by atoms with van der Waals surface area (Å²) < 4.78 is 14.0. The Morgan fingerprint density at radius 2 is 2.00 bits per heavy atom. The lowest BCUT2D eigenvalue weighted by atomic mass is 9.97. The Morgan fingerprint density at radius 3 is 2.67 bits per heavy atom. The molecule has 0 saturated carbocycles. The van der Waals surface area contributed by atoms with Crippen LogP contribution in [0.1, 0.15) is 24.8 Å². The molecule has 1 aliphatic rings. The van der Waals surface area contributed by atoms with Crippen molar-refractivity contribution < 1.29 is 14.3 Å². The standard InChI is InChI=1S/C14H18FNO2/c15-14(13(17)18)7-4-9-16(10-8-14)11-12-5-2-1-3-6-12/h1-3,5-6H,4,7-11H2,(H,17,18). The molecule has 3 nitrogen and oxygen atoms in total. The zero-order valence-electron chi connectivity index (χ0n) is 10.3. The number of nitrogens with zero attached hydrogens (tertiary/aromatic N) is 1. The molecular weight excluding hydrogens is 233 g/mol. The van der Waals surface area contributed by atoms with E-state index >= 15 is 0 Å². The average Bonchev–Trinajstić information content (AvgIpc) is 2.54. The van der Waals surface area contributed by atoms with Crippen molar-refractivity contribution in [1.29, 1.82) is 0 Å². The smallest absolute Gasteiger partial charge is 0.341 e. The van der Waals surface area contributed by atoms with Gasteiger partial charge in [-0.05, 0) is 24.9 Å². The minimum atomic E-state index is -2.04. The lowest BCUT2D eigenvalue weighted by Gasteiger charge is -2.21. The van der Waals surface area contributed by atoms with Crippen LogP contribution in [0.3, 0.4) is 0 Å². The van der Waals surface area contributed by atoms with Gasteiger partial charge in [0.1, 0.15) is 0 Å². The van der Waals surface area contributed by atoms with Gasteiger partial charge in [-0.25, -0.2) is 9.18 Å². The number of hydrogen-bond acceptors (Lipinski definition) is 2. The van der Waals surface area contributed by atoms with Crippen molar-refractivity contribution in [1.82, 2.24) is 4.90 Å². The summed E-state index contributed by atoms with van der Waals surface area (Å²) in [7, 11) is 0. The normalized spacial score (nSPS) is 25.6. The van der Waals surface area contributed by atoms with Crippen LogP contribution in [0, 0.1) is 0 Å². The third-order valence-corrected chi connectivity index (χ3v) is 3.50. The Hall–Kier alpha value is -1.42. The number of rotatable bonds is 3. The molecule has 0 spiro atoms. The molecule has 2 rings (SSSR count). The first kappa shape index (κ1) is 13.0. The first-order valence-corrected chi connectivity index (χ1v) is 6.29. The minimum absolute atomic E-state index is 0.0785. The van der Waals surface area contributed by atoms with Gasteiger partial charge >= 0.3 is 5.97 Å². The maximum absolute atomic E-state index is 14.0. The van der Waals surface area contributed by atoms with E-state index in [0.717, 1.165) is 13.1 Å². The lowest BCUT2D eigenvalue weighted by molar-refractivity contribution is -0.151. The van der Waals surface area contributed by atoms with E-state index in [1.54, 1.807) is 0 Å². The van der Waals surface area contributed by atoms with Crippen molar-refractivity contribution in [3.05, 3.63) is 35.9 Å².